The minimum atomic E-state index is 0.345. The van der Waals surface area contributed by atoms with Crippen LogP contribution in [0.1, 0.15) is 41.8 Å². The number of nitrogens with zero attached hydrogens (tertiary/aromatic N) is 5. The second-order valence-electron chi connectivity index (χ2n) is 6.78. The topological polar surface area (TPSA) is 82.6 Å². The Morgan fingerprint density at radius 2 is 2.19 bits per heavy atom. The molecule has 0 radical (unpaired) electrons. The molecule has 0 aliphatic carbocycles. The third-order valence-corrected chi connectivity index (χ3v) is 5.40. The van der Waals surface area contributed by atoms with Gasteiger partial charge in [-0.3, -0.25) is 4.90 Å². The molecule has 1 fully saturated rings. The van der Waals surface area contributed by atoms with Crippen LogP contribution in [-0.2, 0) is 6.54 Å². The normalized spacial score (nSPS) is 18.2. The standard InChI is InChI=1S/C18H23N7S/c1-12-8-15(24-18-22-13(2)11-26-18)23-17(21-12)14-4-3-7-25(9-14)10-16-19-5-6-20-16/h5-6,8,11,14H,3-4,7,9-10H2,1-2H3,(H,19,20)(H,21,22,23,24)/t14-/m0/s1. The predicted octanol–water partition coefficient (Wildman–Crippen LogP) is 3.40. The van der Waals surface area contributed by atoms with Gasteiger partial charge in [0.1, 0.15) is 17.5 Å². The lowest BCUT2D eigenvalue weighted by atomic mass is 9.97. The van der Waals surface area contributed by atoms with Gasteiger partial charge >= 0.3 is 0 Å². The summed E-state index contributed by atoms with van der Waals surface area (Å²) in [7, 11) is 0. The average Bonchev–Trinajstić information content (AvgIpc) is 3.26. The first kappa shape index (κ1) is 17.1. The van der Waals surface area contributed by atoms with Crippen LogP contribution < -0.4 is 5.32 Å². The van der Waals surface area contributed by atoms with E-state index in [1.165, 1.54) is 0 Å². The van der Waals surface area contributed by atoms with Crippen LogP contribution in [0.15, 0.2) is 23.8 Å². The Hall–Kier alpha value is -2.32. The number of imidazole rings is 1. The molecule has 0 unspecified atom stereocenters. The maximum atomic E-state index is 4.79. The van der Waals surface area contributed by atoms with Crippen molar-refractivity contribution in [2.75, 3.05) is 18.4 Å². The molecule has 1 saturated heterocycles. The van der Waals surface area contributed by atoms with Crippen molar-refractivity contribution in [3.63, 3.8) is 0 Å². The van der Waals surface area contributed by atoms with Gasteiger partial charge < -0.3 is 10.3 Å². The van der Waals surface area contributed by atoms with E-state index in [2.05, 4.69) is 25.2 Å². The average molecular weight is 369 g/mol. The van der Waals surface area contributed by atoms with Crippen molar-refractivity contribution < 1.29 is 0 Å². The van der Waals surface area contributed by atoms with Gasteiger partial charge in [0.15, 0.2) is 5.13 Å². The van der Waals surface area contributed by atoms with Gasteiger partial charge in [-0.05, 0) is 33.2 Å². The number of piperidine rings is 1. The Balaban J connectivity index is 1.49. The monoisotopic (exact) mass is 369 g/mol. The van der Waals surface area contributed by atoms with Crippen LogP contribution in [0, 0.1) is 13.8 Å². The number of nitrogens with one attached hydrogen (secondary N) is 2. The van der Waals surface area contributed by atoms with Crippen LogP contribution in [-0.4, -0.2) is 42.9 Å². The summed E-state index contributed by atoms with van der Waals surface area (Å²) in [4.78, 5) is 23.9. The summed E-state index contributed by atoms with van der Waals surface area (Å²) in [5.74, 6) is 3.10. The van der Waals surface area contributed by atoms with E-state index in [0.29, 0.717) is 5.92 Å². The number of aryl methyl sites for hydroxylation is 2. The van der Waals surface area contributed by atoms with Crippen LogP contribution in [0.25, 0.3) is 0 Å². The number of rotatable bonds is 5. The highest BCUT2D eigenvalue weighted by Crippen LogP contribution is 2.27. The highest BCUT2D eigenvalue weighted by molar-refractivity contribution is 7.13. The third kappa shape index (κ3) is 4.08. The number of hydrogen-bond acceptors (Lipinski definition) is 7. The summed E-state index contributed by atoms with van der Waals surface area (Å²) in [5, 5.41) is 6.22. The molecule has 1 atom stereocenters. The van der Waals surface area contributed by atoms with Gasteiger partial charge in [0, 0.05) is 42.0 Å². The van der Waals surface area contributed by atoms with Crippen molar-refractivity contribution in [3.05, 3.63) is 46.9 Å². The van der Waals surface area contributed by atoms with E-state index in [1.54, 1.807) is 17.5 Å². The van der Waals surface area contributed by atoms with E-state index >= 15 is 0 Å². The summed E-state index contributed by atoms with van der Waals surface area (Å²) in [6.45, 7) is 6.91. The fourth-order valence-electron chi connectivity index (χ4n) is 3.37. The molecule has 1 aliphatic rings. The maximum absolute atomic E-state index is 4.79. The molecule has 0 amide bonds. The molecule has 8 heteroatoms. The molecule has 0 saturated carbocycles. The molecule has 26 heavy (non-hydrogen) atoms. The molecule has 4 rings (SSSR count). The van der Waals surface area contributed by atoms with Gasteiger partial charge in [-0.15, -0.1) is 11.3 Å². The maximum Gasteiger partial charge on any atom is 0.188 e. The number of hydrogen-bond donors (Lipinski definition) is 2. The smallest absolute Gasteiger partial charge is 0.188 e. The molecule has 136 valence electrons. The molecule has 0 bridgehead atoms. The lowest BCUT2D eigenvalue weighted by Crippen LogP contribution is -2.35. The molecule has 0 aromatic carbocycles. The first-order chi connectivity index (χ1) is 12.7. The minimum absolute atomic E-state index is 0.345. The number of aromatic nitrogens is 5. The molecule has 0 spiro atoms. The Morgan fingerprint density at radius 3 is 2.96 bits per heavy atom. The molecular weight excluding hydrogens is 346 g/mol. The highest BCUT2D eigenvalue weighted by atomic mass is 32.1. The van der Waals surface area contributed by atoms with Crippen LogP contribution >= 0.6 is 11.3 Å². The molecule has 2 N–H and O–H groups in total. The van der Waals surface area contributed by atoms with E-state index in [1.807, 2.05) is 31.5 Å². The van der Waals surface area contributed by atoms with Crippen molar-refractivity contribution in [1.82, 2.24) is 29.8 Å². The molecule has 4 heterocycles. The minimum Gasteiger partial charge on any atom is -0.348 e. The van der Waals surface area contributed by atoms with Crippen molar-refractivity contribution in [2.45, 2.75) is 39.2 Å². The summed E-state index contributed by atoms with van der Waals surface area (Å²) in [6.07, 6.45) is 5.95. The quantitative estimate of drug-likeness (QED) is 0.717. The van der Waals surface area contributed by atoms with Crippen molar-refractivity contribution in [1.29, 1.82) is 0 Å². The van der Waals surface area contributed by atoms with Crippen molar-refractivity contribution in [2.24, 2.45) is 0 Å². The zero-order valence-corrected chi connectivity index (χ0v) is 15.9. The lowest BCUT2D eigenvalue weighted by Gasteiger charge is -2.31. The van der Waals surface area contributed by atoms with Crippen molar-refractivity contribution >= 4 is 22.3 Å². The van der Waals surface area contributed by atoms with E-state index in [-0.39, 0.29) is 0 Å². The largest absolute Gasteiger partial charge is 0.348 e. The molecular formula is C18H23N7S. The van der Waals surface area contributed by atoms with Crippen LogP contribution in [0.4, 0.5) is 10.9 Å². The van der Waals surface area contributed by atoms with E-state index in [9.17, 15) is 0 Å². The number of likely N-dealkylation sites (tertiary alicyclic amines) is 1. The third-order valence-electron chi connectivity index (χ3n) is 4.52. The Bertz CT molecular complexity index is 858. The number of aromatic amines is 1. The van der Waals surface area contributed by atoms with Gasteiger partial charge in [0.2, 0.25) is 0 Å². The van der Waals surface area contributed by atoms with Gasteiger partial charge in [-0.25, -0.2) is 19.9 Å². The SMILES string of the molecule is Cc1cc(Nc2nc(C)cs2)nc([C@H]2CCCN(Cc3ncc[nH]3)C2)n1. The van der Waals surface area contributed by atoms with Crippen molar-refractivity contribution in [3.8, 4) is 0 Å². The predicted molar refractivity (Wildman–Crippen MR) is 103 cm³/mol. The lowest BCUT2D eigenvalue weighted by molar-refractivity contribution is 0.192. The van der Waals surface area contributed by atoms with Crippen LogP contribution in [0.3, 0.4) is 0 Å². The zero-order valence-electron chi connectivity index (χ0n) is 15.1. The molecule has 3 aromatic rings. The number of H-pyrrole nitrogens is 1. The van der Waals surface area contributed by atoms with E-state index in [4.69, 9.17) is 9.97 Å². The van der Waals surface area contributed by atoms with E-state index < -0.39 is 0 Å². The Morgan fingerprint density at radius 1 is 1.27 bits per heavy atom. The highest BCUT2D eigenvalue weighted by Gasteiger charge is 2.24. The number of thiazole rings is 1. The van der Waals surface area contributed by atoms with E-state index in [0.717, 1.165) is 66.5 Å². The molecule has 1 aliphatic heterocycles. The second-order valence-corrected chi connectivity index (χ2v) is 7.64. The van der Waals surface area contributed by atoms with Crippen LogP contribution in [0.5, 0.6) is 0 Å². The second kappa shape index (κ2) is 7.51. The van der Waals surface area contributed by atoms with Gasteiger partial charge in [0.05, 0.1) is 12.2 Å². The fraction of sp³-hybridized carbons (Fsp3) is 0.444. The summed E-state index contributed by atoms with van der Waals surface area (Å²) in [5.41, 5.74) is 2.00. The fourth-order valence-corrected chi connectivity index (χ4v) is 4.06. The first-order valence-electron chi connectivity index (χ1n) is 8.91. The Labute approximate surface area is 156 Å². The van der Waals surface area contributed by atoms with Crippen LogP contribution in [0.2, 0.25) is 0 Å². The van der Waals surface area contributed by atoms with Gasteiger partial charge in [-0.2, -0.15) is 0 Å². The zero-order chi connectivity index (χ0) is 17.9. The first-order valence-corrected chi connectivity index (χ1v) is 9.79. The summed E-state index contributed by atoms with van der Waals surface area (Å²) >= 11 is 1.59. The van der Waals surface area contributed by atoms with Gasteiger partial charge in [-0.1, -0.05) is 0 Å². The van der Waals surface area contributed by atoms with Gasteiger partial charge in [0.25, 0.3) is 0 Å². The number of anilines is 2. The summed E-state index contributed by atoms with van der Waals surface area (Å²) in [6, 6.07) is 1.98. The molecule has 7 nitrogen and oxygen atoms in total. The Kier molecular flexibility index (Phi) is 4.94. The summed E-state index contributed by atoms with van der Waals surface area (Å²) < 4.78 is 0. The molecule has 3 aromatic heterocycles.